The molecule has 29 heavy (non-hydrogen) atoms. The Labute approximate surface area is 165 Å². The van der Waals surface area contributed by atoms with E-state index in [4.69, 9.17) is 8.83 Å². The van der Waals surface area contributed by atoms with Gasteiger partial charge >= 0.3 is 0 Å². The predicted molar refractivity (Wildman–Crippen MR) is 109 cm³/mol. The Morgan fingerprint density at radius 2 is 1.52 bits per heavy atom. The van der Waals surface area contributed by atoms with Crippen LogP contribution in [0.25, 0.3) is 45.1 Å². The van der Waals surface area contributed by atoms with Crippen molar-refractivity contribution < 1.29 is 18.7 Å². The van der Waals surface area contributed by atoms with Crippen molar-refractivity contribution in [2.45, 2.75) is 13.8 Å². The number of Topliss-reactive ketones (excluding diaryl/α,β-unsaturated/α-hetero) is 1. The van der Waals surface area contributed by atoms with Crippen molar-refractivity contribution in [3.8, 4) is 28.7 Å². The molecule has 3 aromatic carbocycles. The molecule has 0 radical (unpaired) electrons. The first kappa shape index (κ1) is 17.2. The van der Waals surface area contributed by atoms with Gasteiger partial charge in [0.15, 0.2) is 16.9 Å². The number of nitrogens with zero attached hydrogens (tertiary/aromatic N) is 2. The van der Waals surface area contributed by atoms with E-state index in [2.05, 4.69) is 9.97 Å². The summed E-state index contributed by atoms with van der Waals surface area (Å²) in [5, 5.41) is 10.3. The molecular weight excluding hydrogens is 368 g/mol. The fourth-order valence-corrected chi connectivity index (χ4v) is 3.51. The highest BCUT2D eigenvalue weighted by molar-refractivity contribution is 6.05. The van der Waals surface area contributed by atoms with Crippen LogP contribution in [0.15, 0.2) is 63.4 Å². The van der Waals surface area contributed by atoms with E-state index in [0.717, 1.165) is 5.56 Å². The maximum atomic E-state index is 11.9. The molecule has 0 bridgehead atoms. The summed E-state index contributed by atoms with van der Waals surface area (Å²) in [4.78, 5) is 21.1. The number of carbonyl (C=O) groups excluding carboxylic acids is 1. The molecule has 0 spiro atoms. The second-order valence-electron chi connectivity index (χ2n) is 6.87. The third kappa shape index (κ3) is 2.69. The standard InChI is InChI=1S/C23H16N2O4/c1-12-6-3-9-16(27)19(12)23-25-21-15(8-5-11-18(21)29-23)22-24-20-14(13(2)26)7-4-10-17(20)28-22/h3-11,27H,1-2H3. The summed E-state index contributed by atoms with van der Waals surface area (Å²) in [6.07, 6.45) is 0. The van der Waals surface area contributed by atoms with Crippen LogP contribution < -0.4 is 0 Å². The number of ketones is 1. The number of benzene rings is 3. The summed E-state index contributed by atoms with van der Waals surface area (Å²) in [7, 11) is 0. The quantitative estimate of drug-likeness (QED) is 0.412. The van der Waals surface area contributed by atoms with Gasteiger partial charge in [0.2, 0.25) is 11.8 Å². The van der Waals surface area contributed by atoms with Crippen molar-refractivity contribution in [3.05, 3.63) is 65.7 Å². The lowest BCUT2D eigenvalue weighted by molar-refractivity contribution is 0.101. The Balaban J connectivity index is 1.73. The van der Waals surface area contributed by atoms with Crippen molar-refractivity contribution in [1.29, 1.82) is 0 Å². The smallest absolute Gasteiger partial charge is 0.231 e. The molecule has 0 atom stereocenters. The van der Waals surface area contributed by atoms with E-state index in [1.165, 1.54) is 6.92 Å². The van der Waals surface area contributed by atoms with Gasteiger partial charge in [-0.2, -0.15) is 0 Å². The van der Waals surface area contributed by atoms with E-state index in [9.17, 15) is 9.90 Å². The van der Waals surface area contributed by atoms with E-state index in [-0.39, 0.29) is 11.5 Å². The van der Waals surface area contributed by atoms with Crippen LogP contribution in [-0.2, 0) is 0 Å². The molecule has 0 unspecified atom stereocenters. The third-order valence-corrected chi connectivity index (χ3v) is 4.91. The van der Waals surface area contributed by atoms with Crippen molar-refractivity contribution in [2.24, 2.45) is 0 Å². The van der Waals surface area contributed by atoms with Crippen LogP contribution in [0, 0.1) is 6.92 Å². The number of rotatable bonds is 3. The summed E-state index contributed by atoms with van der Waals surface area (Å²) >= 11 is 0. The van der Waals surface area contributed by atoms with Gasteiger partial charge in [0.1, 0.15) is 16.8 Å². The van der Waals surface area contributed by atoms with Gasteiger partial charge in [0, 0.05) is 5.56 Å². The van der Waals surface area contributed by atoms with Gasteiger partial charge in [-0.25, -0.2) is 9.97 Å². The molecule has 0 saturated heterocycles. The highest BCUT2D eigenvalue weighted by Crippen LogP contribution is 2.37. The molecule has 0 amide bonds. The first-order valence-corrected chi connectivity index (χ1v) is 9.12. The molecule has 6 heteroatoms. The number of oxazole rings is 2. The first-order chi connectivity index (χ1) is 14.0. The minimum Gasteiger partial charge on any atom is -0.507 e. The number of aromatic hydroxyl groups is 1. The average Bonchev–Trinajstić information content (AvgIpc) is 3.31. The van der Waals surface area contributed by atoms with E-state index in [1.54, 1.807) is 36.4 Å². The summed E-state index contributed by atoms with van der Waals surface area (Å²) in [5.74, 6) is 0.704. The van der Waals surface area contributed by atoms with Gasteiger partial charge in [-0.15, -0.1) is 0 Å². The van der Waals surface area contributed by atoms with Crippen LogP contribution in [0.5, 0.6) is 5.75 Å². The fourth-order valence-electron chi connectivity index (χ4n) is 3.51. The van der Waals surface area contributed by atoms with Gasteiger partial charge in [0.25, 0.3) is 0 Å². The molecular formula is C23H16N2O4. The molecule has 5 rings (SSSR count). The molecule has 2 heterocycles. The van der Waals surface area contributed by atoms with E-state index in [1.807, 2.05) is 25.1 Å². The molecule has 2 aromatic heterocycles. The lowest BCUT2D eigenvalue weighted by Gasteiger charge is -2.03. The molecule has 5 aromatic rings. The van der Waals surface area contributed by atoms with Gasteiger partial charge < -0.3 is 13.9 Å². The van der Waals surface area contributed by atoms with Crippen LogP contribution in [-0.4, -0.2) is 20.9 Å². The maximum Gasteiger partial charge on any atom is 0.231 e. The molecule has 1 N–H and O–H groups in total. The normalized spacial score (nSPS) is 11.4. The van der Waals surface area contributed by atoms with Crippen LogP contribution >= 0.6 is 0 Å². The average molecular weight is 384 g/mol. The summed E-state index contributed by atoms with van der Waals surface area (Å²) < 4.78 is 11.8. The van der Waals surface area contributed by atoms with Crippen LogP contribution in [0.4, 0.5) is 0 Å². The van der Waals surface area contributed by atoms with Crippen LogP contribution in [0.3, 0.4) is 0 Å². The number of para-hydroxylation sites is 2. The molecule has 0 saturated carbocycles. The van der Waals surface area contributed by atoms with Crippen molar-refractivity contribution in [2.75, 3.05) is 0 Å². The Bertz CT molecular complexity index is 1390. The summed E-state index contributed by atoms with van der Waals surface area (Å²) in [6.45, 7) is 3.39. The highest BCUT2D eigenvalue weighted by Gasteiger charge is 2.20. The molecule has 142 valence electrons. The number of hydrogen-bond acceptors (Lipinski definition) is 6. The summed E-state index contributed by atoms with van der Waals surface area (Å²) in [6, 6.07) is 16.0. The number of fused-ring (bicyclic) bond motifs is 2. The molecule has 0 aliphatic heterocycles. The van der Waals surface area contributed by atoms with Crippen molar-refractivity contribution in [1.82, 2.24) is 9.97 Å². The van der Waals surface area contributed by atoms with Crippen LogP contribution in [0.1, 0.15) is 22.8 Å². The number of carbonyl (C=O) groups is 1. The second-order valence-corrected chi connectivity index (χ2v) is 6.87. The van der Waals surface area contributed by atoms with E-state index >= 15 is 0 Å². The zero-order valence-electron chi connectivity index (χ0n) is 15.8. The Morgan fingerprint density at radius 1 is 0.862 bits per heavy atom. The van der Waals surface area contributed by atoms with Crippen LogP contribution in [0.2, 0.25) is 0 Å². The SMILES string of the molecule is CC(=O)c1cccc2oc(-c3cccc4oc(-c5c(C)cccc5O)nc34)nc12. The van der Waals surface area contributed by atoms with Gasteiger partial charge in [-0.3, -0.25) is 4.79 Å². The number of hydrogen-bond donors (Lipinski definition) is 1. The molecule has 6 nitrogen and oxygen atoms in total. The second kappa shape index (κ2) is 6.31. The first-order valence-electron chi connectivity index (χ1n) is 9.12. The molecule has 0 aliphatic carbocycles. The van der Waals surface area contributed by atoms with E-state index in [0.29, 0.717) is 50.7 Å². The predicted octanol–water partition coefficient (Wildman–Crippen LogP) is 5.52. The third-order valence-electron chi connectivity index (χ3n) is 4.91. The number of aromatic nitrogens is 2. The van der Waals surface area contributed by atoms with Crippen molar-refractivity contribution >= 4 is 28.0 Å². The Kier molecular flexibility index (Phi) is 3.74. The number of phenols is 1. The number of phenolic OH excluding ortho intramolecular Hbond substituents is 1. The molecule has 0 fully saturated rings. The number of aryl methyl sites for hydroxylation is 1. The summed E-state index contributed by atoms with van der Waals surface area (Å²) in [5.41, 5.74) is 4.73. The van der Waals surface area contributed by atoms with Gasteiger partial charge in [-0.1, -0.05) is 24.3 Å². The topological polar surface area (TPSA) is 89.4 Å². The lowest BCUT2D eigenvalue weighted by Crippen LogP contribution is -1.92. The molecule has 0 aliphatic rings. The largest absolute Gasteiger partial charge is 0.507 e. The van der Waals surface area contributed by atoms with E-state index < -0.39 is 0 Å². The monoisotopic (exact) mass is 384 g/mol. The van der Waals surface area contributed by atoms with Gasteiger partial charge in [0.05, 0.1) is 11.1 Å². The Hall–Kier alpha value is -3.93. The lowest BCUT2D eigenvalue weighted by atomic mass is 10.1. The Morgan fingerprint density at radius 3 is 2.28 bits per heavy atom. The van der Waals surface area contributed by atoms with Crippen molar-refractivity contribution in [3.63, 3.8) is 0 Å². The maximum absolute atomic E-state index is 11.9. The fraction of sp³-hybridized carbons (Fsp3) is 0.0870. The minimum atomic E-state index is -0.0765. The minimum absolute atomic E-state index is 0.0765. The van der Waals surface area contributed by atoms with Gasteiger partial charge in [-0.05, 0) is 49.7 Å². The highest BCUT2D eigenvalue weighted by atomic mass is 16.4. The zero-order valence-corrected chi connectivity index (χ0v) is 15.8. The zero-order chi connectivity index (χ0) is 20.1.